The lowest BCUT2D eigenvalue weighted by atomic mass is 9.63. The Morgan fingerprint density at radius 3 is 2.68 bits per heavy atom. The van der Waals surface area contributed by atoms with Crippen LogP contribution in [0.15, 0.2) is 12.2 Å². The first kappa shape index (κ1) is 17.2. The molecular formula is C18H28O4. The largest absolute Gasteiger partial charge is 0.481 e. The zero-order valence-electron chi connectivity index (χ0n) is 13.8. The molecule has 0 aromatic heterocycles. The van der Waals surface area contributed by atoms with Crippen LogP contribution in [0.3, 0.4) is 0 Å². The molecule has 2 bridgehead atoms. The Morgan fingerprint density at radius 2 is 2.09 bits per heavy atom. The number of aliphatic hydroxyl groups is 1. The molecule has 6 atom stereocenters. The molecule has 2 aliphatic carbocycles. The fraction of sp³-hybridized carbons (Fsp3) is 0.778. The third-order valence-corrected chi connectivity index (χ3v) is 5.96. The predicted molar refractivity (Wildman–Crippen MR) is 84.3 cm³/mol. The van der Waals surface area contributed by atoms with Gasteiger partial charge < -0.3 is 10.2 Å². The molecule has 0 aromatic rings. The van der Waals surface area contributed by atoms with Crippen molar-refractivity contribution in [3.8, 4) is 0 Å². The van der Waals surface area contributed by atoms with Crippen molar-refractivity contribution in [3.63, 3.8) is 0 Å². The van der Waals surface area contributed by atoms with Crippen molar-refractivity contribution in [2.75, 3.05) is 0 Å². The minimum atomic E-state index is -0.759. The van der Waals surface area contributed by atoms with E-state index in [0.29, 0.717) is 30.6 Å². The highest BCUT2D eigenvalue weighted by atomic mass is 16.4. The molecule has 0 spiro atoms. The van der Waals surface area contributed by atoms with Gasteiger partial charge in [-0.15, -0.1) is 0 Å². The Balaban J connectivity index is 2.30. The number of carbonyl (C=O) groups is 2. The Hall–Kier alpha value is -1.16. The lowest BCUT2D eigenvalue weighted by Gasteiger charge is -2.43. The lowest BCUT2D eigenvalue weighted by molar-refractivity contribution is -0.137. The van der Waals surface area contributed by atoms with Crippen molar-refractivity contribution in [2.45, 2.75) is 58.5 Å². The first-order valence-corrected chi connectivity index (χ1v) is 8.28. The van der Waals surface area contributed by atoms with E-state index in [1.807, 2.05) is 13.0 Å². The highest BCUT2D eigenvalue weighted by Gasteiger charge is 2.58. The van der Waals surface area contributed by atoms with Crippen LogP contribution in [-0.2, 0) is 9.59 Å². The molecule has 2 aliphatic rings. The third-order valence-electron chi connectivity index (χ3n) is 5.96. The first-order chi connectivity index (χ1) is 10.2. The minimum Gasteiger partial charge on any atom is -0.481 e. The molecule has 0 heterocycles. The molecule has 0 saturated heterocycles. The van der Waals surface area contributed by atoms with Crippen LogP contribution in [0.2, 0.25) is 0 Å². The highest BCUT2D eigenvalue weighted by Crippen LogP contribution is 2.63. The van der Waals surface area contributed by atoms with Gasteiger partial charge in [0.15, 0.2) is 0 Å². The summed E-state index contributed by atoms with van der Waals surface area (Å²) in [6.07, 6.45) is 7.64. The van der Waals surface area contributed by atoms with Gasteiger partial charge >= 0.3 is 5.97 Å². The summed E-state index contributed by atoms with van der Waals surface area (Å²) >= 11 is 0. The van der Waals surface area contributed by atoms with Crippen molar-refractivity contribution in [1.82, 2.24) is 0 Å². The van der Waals surface area contributed by atoms with E-state index in [1.165, 1.54) is 0 Å². The van der Waals surface area contributed by atoms with E-state index in [1.54, 1.807) is 6.08 Å². The molecule has 0 radical (unpaired) electrons. The van der Waals surface area contributed by atoms with Crippen LogP contribution in [0.4, 0.5) is 0 Å². The summed E-state index contributed by atoms with van der Waals surface area (Å²) < 4.78 is 0. The van der Waals surface area contributed by atoms with Gasteiger partial charge in [0.1, 0.15) is 6.29 Å². The maximum Gasteiger partial charge on any atom is 0.303 e. The maximum atomic E-state index is 10.9. The molecule has 4 nitrogen and oxygen atoms in total. The number of hydrogen-bond donors (Lipinski definition) is 2. The number of allylic oxidation sites excluding steroid dienone is 2. The molecule has 0 aliphatic heterocycles. The summed E-state index contributed by atoms with van der Waals surface area (Å²) in [7, 11) is 0. The molecule has 22 heavy (non-hydrogen) atoms. The minimum absolute atomic E-state index is 0.176. The zero-order chi connectivity index (χ0) is 16.5. The van der Waals surface area contributed by atoms with Crippen molar-refractivity contribution >= 4 is 12.3 Å². The number of carboxylic acid groups (broad SMARTS) is 1. The monoisotopic (exact) mass is 308 g/mol. The smallest absolute Gasteiger partial charge is 0.303 e. The van der Waals surface area contributed by atoms with E-state index >= 15 is 0 Å². The second-order valence-electron chi connectivity index (χ2n) is 7.87. The van der Waals surface area contributed by atoms with Crippen LogP contribution >= 0.6 is 0 Å². The van der Waals surface area contributed by atoms with E-state index in [2.05, 4.69) is 13.8 Å². The molecule has 5 unspecified atom stereocenters. The van der Waals surface area contributed by atoms with Gasteiger partial charge in [0.2, 0.25) is 0 Å². The maximum absolute atomic E-state index is 10.9. The summed E-state index contributed by atoms with van der Waals surface area (Å²) in [6, 6.07) is 0. The lowest BCUT2D eigenvalue weighted by Crippen LogP contribution is -2.41. The van der Waals surface area contributed by atoms with E-state index in [0.717, 1.165) is 19.1 Å². The topological polar surface area (TPSA) is 74.6 Å². The van der Waals surface area contributed by atoms with Gasteiger partial charge in [0, 0.05) is 6.42 Å². The molecule has 0 amide bonds. The molecule has 0 aromatic carbocycles. The number of fused-ring (bicyclic) bond motifs is 2. The van der Waals surface area contributed by atoms with Gasteiger partial charge in [0.25, 0.3) is 0 Å². The van der Waals surface area contributed by atoms with E-state index in [4.69, 9.17) is 5.11 Å². The standard InChI is InChI=1S/C18H28O4/c1-12(5-6-15(20)21)16-13(2)14-9-17(3,22)11-18(16,10-14)7-4-8-19/h4,7-8,12-14,16,22H,5-6,9-11H2,1-3H3,(H,20,21)/b7-4-/t12-,13?,14?,16?,17?,18?/m1/s1. The van der Waals surface area contributed by atoms with E-state index in [9.17, 15) is 14.7 Å². The predicted octanol–water partition coefficient (Wildman–Crippen LogP) is 3.05. The third kappa shape index (κ3) is 3.27. The Labute approximate surface area is 132 Å². The SMILES string of the molecule is CC1C2CC(C)(O)CC(/C=C\C=O)(C2)C1[C@H](C)CCC(=O)O. The summed E-state index contributed by atoms with van der Waals surface area (Å²) in [6.45, 7) is 6.24. The highest BCUT2D eigenvalue weighted by molar-refractivity contribution is 5.66. The fourth-order valence-corrected chi connectivity index (χ4v) is 5.51. The van der Waals surface area contributed by atoms with Gasteiger partial charge in [0.05, 0.1) is 5.60 Å². The van der Waals surface area contributed by atoms with E-state index < -0.39 is 11.6 Å². The summed E-state index contributed by atoms with van der Waals surface area (Å²) in [5.74, 6) is 0.708. The quantitative estimate of drug-likeness (QED) is 0.584. The van der Waals surface area contributed by atoms with E-state index in [-0.39, 0.29) is 17.8 Å². The molecule has 2 rings (SSSR count). The van der Waals surface area contributed by atoms with Crippen molar-refractivity contribution in [3.05, 3.63) is 12.2 Å². The number of carboxylic acids is 1. The van der Waals surface area contributed by atoms with Gasteiger partial charge in [-0.2, -0.15) is 0 Å². The number of aldehydes is 1. The van der Waals surface area contributed by atoms with Gasteiger partial charge in [-0.25, -0.2) is 0 Å². The summed E-state index contributed by atoms with van der Waals surface area (Å²) in [5, 5.41) is 19.6. The van der Waals surface area contributed by atoms with Crippen molar-refractivity contribution in [2.24, 2.45) is 29.1 Å². The number of rotatable bonds is 6. The van der Waals surface area contributed by atoms with Crippen LogP contribution in [0.5, 0.6) is 0 Å². The second-order valence-corrected chi connectivity index (χ2v) is 7.87. The summed E-state index contributed by atoms with van der Waals surface area (Å²) in [4.78, 5) is 21.7. The zero-order valence-corrected chi connectivity index (χ0v) is 13.8. The van der Waals surface area contributed by atoms with Crippen LogP contribution in [-0.4, -0.2) is 28.1 Å². The molecular weight excluding hydrogens is 280 g/mol. The van der Waals surface area contributed by atoms with Crippen LogP contribution in [0.1, 0.15) is 52.9 Å². The molecule has 2 N–H and O–H groups in total. The van der Waals surface area contributed by atoms with Crippen LogP contribution in [0.25, 0.3) is 0 Å². The van der Waals surface area contributed by atoms with Crippen LogP contribution in [0, 0.1) is 29.1 Å². The van der Waals surface area contributed by atoms with Gasteiger partial charge in [-0.3, -0.25) is 9.59 Å². The molecule has 4 heteroatoms. The normalized spacial score (nSPS) is 42.5. The Morgan fingerprint density at radius 1 is 1.41 bits per heavy atom. The number of carbonyl (C=O) groups excluding carboxylic acids is 1. The Kier molecular flexibility index (Phi) is 4.81. The Bertz CT molecular complexity index is 468. The molecule has 124 valence electrons. The van der Waals surface area contributed by atoms with Crippen molar-refractivity contribution in [1.29, 1.82) is 0 Å². The van der Waals surface area contributed by atoms with Crippen molar-refractivity contribution < 1.29 is 19.8 Å². The second kappa shape index (κ2) is 6.15. The van der Waals surface area contributed by atoms with Gasteiger partial charge in [-0.1, -0.05) is 19.9 Å². The van der Waals surface area contributed by atoms with Gasteiger partial charge in [-0.05, 0) is 67.8 Å². The average molecular weight is 308 g/mol. The average Bonchev–Trinajstić information content (AvgIpc) is 2.61. The molecule has 2 fully saturated rings. The summed E-state index contributed by atoms with van der Waals surface area (Å²) in [5.41, 5.74) is -0.879. The number of aliphatic carboxylic acids is 1. The molecule has 2 saturated carbocycles. The van der Waals surface area contributed by atoms with Crippen LogP contribution < -0.4 is 0 Å². The number of hydrogen-bond acceptors (Lipinski definition) is 3. The fourth-order valence-electron chi connectivity index (χ4n) is 5.51. The first-order valence-electron chi connectivity index (χ1n) is 8.28.